The summed E-state index contributed by atoms with van der Waals surface area (Å²) in [5, 5.41) is 2.67. The number of ether oxygens (including phenoxy) is 1. The van der Waals surface area contributed by atoms with E-state index in [-0.39, 0.29) is 6.09 Å². The Labute approximate surface area is 60.7 Å². The molecule has 0 aromatic heterocycles. The van der Waals surface area contributed by atoms with Gasteiger partial charge in [-0.25, -0.2) is 4.79 Å². The molecular formula is C7H13NO2. The molecule has 0 heterocycles. The molecule has 3 heteroatoms. The number of carbonyl (C=O) groups is 1. The van der Waals surface area contributed by atoms with Crippen LogP contribution in [0.1, 0.15) is 19.8 Å². The minimum absolute atomic E-state index is 0.326. The van der Waals surface area contributed by atoms with Gasteiger partial charge in [-0.05, 0) is 18.3 Å². The largest absolute Gasteiger partial charge is 0.453 e. The quantitative estimate of drug-likeness (QED) is 0.629. The topological polar surface area (TPSA) is 38.3 Å². The van der Waals surface area contributed by atoms with Crippen molar-refractivity contribution in [2.24, 2.45) is 5.41 Å². The lowest BCUT2D eigenvalue weighted by molar-refractivity contribution is 0.169. The summed E-state index contributed by atoms with van der Waals surface area (Å²) in [6.07, 6.45) is 2.11. The minimum Gasteiger partial charge on any atom is -0.453 e. The molecule has 0 spiro atoms. The predicted molar refractivity (Wildman–Crippen MR) is 37.7 cm³/mol. The fourth-order valence-corrected chi connectivity index (χ4v) is 0.748. The fraction of sp³-hybridized carbons (Fsp3) is 0.857. The van der Waals surface area contributed by atoms with E-state index in [9.17, 15) is 4.79 Å². The normalized spacial score (nSPS) is 19.8. The first kappa shape index (κ1) is 7.38. The zero-order valence-electron chi connectivity index (χ0n) is 6.44. The van der Waals surface area contributed by atoms with Gasteiger partial charge in [-0.3, -0.25) is 0 Å². The molecule has 0 aromatic carbocycles. The SMILES string of the molecule is COC(=O)NCC1(C)CC1. The zero-order valence-corrected chi connectivity index (χ0v) is 6.44. The van der Waals surface area contributed by atoms with E-state index in [4.69, 9.17) is 0 Å². The molecule has 0 bridgehead atoms. The Morgan fingerprint density at radius 1 is 1.70 bits per heavy atom. The van der Waals surface area contributed by atoms with Gasteiger partial charge in [0.1, 0.15) is 0 Å². The van der Waals surface area contributed by atoms with Crippen molar-refractivity contribution in [3.63, 3.8) is 0 Å². The molecule has 10 heavy (non-hydrogen) atoms. The van der Waals surface area contributed by atoms with Crippen LogP contribution < -0.4 is 5.32 Å². The molecule has 1 saturated carbocycles. The minimum atomic E-state index is -0.326. The molecule has 1 rings (SSSR count). The molecule has 0 aliphatic heterocycles. The summed E-state index contributed by atoms with van der Waals surface area (Å²) in [6, 6.07) is 0. The third-order valence-corrected chi connectivity index (χ3v) is 1.95. The monoisotopic (exact) mass is 143 g/mol. The Morgan fingerprint density at radius 3 is 2.70 bits per heavy atom. The van der Waals surface area contributed by atoms with Crippen LogP contribution in [0.25, 0.3) is 0 Å². The zero-order chi connectivity index (χ0) is 7.61. The number of methoxy groups -OCH3 is 1. The number of amides is 1. The van der Waals surface area contributed by atoms with Crippen LogP contribution >= 0.6 is 0 Å². The maximum absolute atomic E-state index is 10.6. The van der Waals surface area contributed by atoms with Crippen molar-refractivity contribution in [1.29, 1.82) is 0 Å². The highest BCUT2D eigenvalue weighted by Crippen LogP contribution is 2.43. The van der Waals surface area contributed by atoms with E-state index >= 15 is 0 Å². The number of carbonyl (C=O) groups excluding carboxylic acids is 1. The summed E-state index contributed by atoms with van der Waals surface area (Å²) in [5.41, 5.74) is 0.369. The first-order chi connectivity index (χ1) is 4.66. The molecule has 1 N–H and O–H groups in total. The molecule has 1 fully saturated rings. The Morgan fingerprint density at radius 2 is 2.30 bits per heavy atom. The van der Waals surface area contributed by atoms with Gasteiger partial charge in [0.05, 0.1) is 7.11 Å². The van der Waals surface area contributed by atoms with Gasteiger partial charge in [0.2, 0.25) is 0 Å². The third-order valence-electron chi connectivity index (χ3n) is 1.95. The molecule has 0 radical (unpaired) electrons. The summed E-state index contributed by atoms with van der Waals surface area (Å²) in [5.74, 6) is 0. The van der Waals surface area contributed by atoms with Crippen LogP contribution in [0.15, 0.2) is 0 Å². The molecule has 0 unspecified atom stereocenters. The average Bonchev–Trinajstić information content (AvgIpc) is 2.64. The van der Waals surface area contributed by atoms with Crippen LogP contribution in [0.3, 0.4) is 0 Å². The van der Waals surface area contributed by atoms with E-state index in [1.807, 2.05) is 0 Å². The lowest BCUT2D eigenvalue weighted by Gasteiger charge is -2.07. The van der Waals surface area contributed by atoms with E-state index in [1.165, 1.54) is 20.0 Å². The standard InChI is InChI=1S/C7H13NO2/c1-7(3-4-7)5-8-6(9)10-2/h3-5H2,1-2H3,(H,8,9). The summed E-state index contributed by atoms with van der Waals surface area (Å²) in [7, 11) is 1.38. The van der Waals surface area contributed by atoms with Gasteiger partial charge < -0.3 is 10.1 Å². The Hall–Kier alpha value is -0.730. The molecule has 1 aliphatic rings. The maximum atomic E-state index is 10.6. The van der Waals surface area contributed by atoms with Crippen molar-refractivity contribution >= 4 is 6.09 Å². The second-order valence-corrected chi connectivity index (χ2v) is 3.16. The Bertz CT molecular complexity index is 141. The first-order valence-electron chi connectivity index (χ1n) is 3.48. The van der Waals surface area contributed by atoms with E-state index in [0.29, 0.717) is 5.41 Å². The summed E-state index contributed by atoms with van der Waals surface area (Å²) < 4.78 is 4.42. The smallest absolute Gasteiger partial charge is 0.406 e. The van der Waals surface area contributed by atoms with Crippen molar-refractivity contribution in [2.75, 3.05) is 13.7 Å². The highest BCUT2D eigenvalue weighted by molar-refractivity contribution is 5.66. The lowest BCUT2D eigenvalue weighted by Crippen LogP contribution is -2.28. The van der Waals surface area contributed by atoms with Crippen molar-refractivity contribution in [3.05, 3.63) is 0 Å². The van der Waals surface area contributed by atoms with Gasteiger partial charge in [0.15, 0.2) is 0 Å². The molecule has 0 aromatic rings. The summed E-state index contributed by atoms with van der Waals surface area (Å²) in [6.45, 7) is 2.91. The fourth-order valence-electron chi connectivity index (χ4n) is 0.748. The average molecular weight is 143 g/mol. The number of rotatable bonds is 2. The third kappa shape index (κ3) is 1.90. The van der Waals surface area contributed by atoms with Crippen molar-refractivity contribution in [3.8, 4) is 0 Å². The van der Waals surface area contributed by atoms with Gasteiger partial charge in [0.25, 0.3) is 0 Å². The van der Waals surface area contributed by atoms with Crippen LogP contribution in [-0.2, 0) is 4.74 Å². The highest BCUT2D eigenvalue weighted by atomic mass is 16.5. The van der Waals surface area contributed by atoms with Crippen LogP contribution in [0.5, 0.6) is 0 Å². The van der Waals surface area contributed by atoms with E-state index in [0.717, 1.165) is 6.54 Å². The van der Waals surface area contributed by atoms with E-state index in [2.05, 4.69) is 17.0 Å². The molecule has 58 valence electrons. The van der Waals surface area contributed by atoms with Crippen molar-refractivity contribution < 1.29 is 9.53 Å². The molecule has 1 aliphatic carbocycles. The van der Waals surface area contributed by atoms with Gasteiger partial charge >= 0.3 is 6.09 Å². The summed E-state index contributed by atoms with van der Waals surface area (Å²) >= 11 is 0. The highest BCUT2D eigenvalue weighted by Gasteiger charge is 2.37. The van der Waals surface area contributed by atoms with Gasteiger partial charge in [-0.2, -0.15) is 0 Å². The second-order valence-electron chi connectivity index (χ2n) is 3.16. The predicted octanol–water partition coefficient (Wildman–Crippen LogP) is 1.14. The number of nitrogens with one attached hydrogen (secondary N) is 1. The second kappa shape index (κ2) is 2.48. The molecule has 3 nitrogen and oxygen atoms in total. The van der Waals surface area contributed by atoms with Gasteiger partial charge in [0, 0.05) is 6.54 Å². The molecule has 1 amide bonds. The molecular weight excluding hydrogens is 130 g/mol. The van der Waals surface area contributed by atoms with Crippen molar-refractivity contribution in [2.45, 2.75) is 19.8 Å². The van der Waals surface area contributed by atoms with Gasteiger partial charge in [-0.1, -0.05) is 6.92 Å². The van der Waals surface area contributed by atoms with Crippen LogP contribution in [0.4, 0.5) is 4.79 Å². The first-order valence-corrected chi connectivity index (χ1v) is 3.48. The maximum Gasteiger partial charge on any atom is 0.406 e. The number of hydrogen-bond acceptors (Lipinski definition) is 2. The number of alkyl carbamates (subject to hydrolysis) is 1. The number of hydrogen-bond donors (Lipinski definition) is 1. The molecule has 0 atom stereocenters. The van der Waals surface area contributed by atoms with E-state index in [1.54, 1.807) is 0 Å². The van der Waals surface area contributed by atoms with Crippen LogP contribution in [0.2, 0.25) is 0 Å². The summed E-state index contributed by atoms with van der Waals surface area (Å²) in [4.78, 5) is 10.6. The molecule has 0 saturated heterocycles. The van der Waals surface area contributed by atoms with Gasteiger partial charge in [-0.15, -0.1) is 0 Å². The Kier molecular flexibility index (Phi) is 1.83. The van der Waals surface area contributed by atoms with Crippen LogP contribution in [-0.4, -0.2) is 19.7 Å². The van der Waals surface area contributed by atoms with E-state index < -0.39 is 0 Å². The van der Waals surface area contributed by atoms with Crippen molar-refractivity contribution in [1.82, 2.24) is 5.32 Å². The Balaban J connectivity index is 2.10. The lowest BCUT2D eigenvalue weighted by atomic mass is 10.1. The van der Waals surface area contributed by atoms with Crippen LogP contribution in [0, 0.1) is 5.41 Å².